The smallest absolute Gasteiger partial charge is 0.266 e. The summed E-state index contributed by atoms with van der Waals surface area (Å²) in [4.78, 5) is 14.0. The van der Waals surface area contributed by atoms with Crippen molar-refractivity contribution >= 4 is 15.9 Å². The van der Waals surface area contributed by atoms with Gasteiger partial charge in [-0.3, -0.25) is 4.79 Å². The maximum Gasteiger partial charge on any atom is 0.266 e. The Hall–Kier alpha value is -1.93. The molecule has 3 nitrogen and oxygen atoms in total. The van der Waals surface area contributed by atoms with Gasteiger partial charge in [-0.2, -0.15) is 5.26 Å². The third kappa shape index (κ3) is 2.27. The van der Waals surface area contributed by atoms with Gasteiger partial charge < -0.3 is 4.98 Å². The average Bonchev–Trinajstić information content (AvgIpc) is 2.32. The number of benzene rings is 1. The van der Waals surface area contributed by atoms with Gasteiger partial charge in [-0.15, -0.1) is 0 Å². The van der Waals surface area contributed by atoms with Crippen molar-refractivity contribution in [2.24, 2.45) is 0 Å². The predicted octanol–water partition coefficient (Wildman–Crippen LogP) is 2.82. The average molecular weight is 293 g/mol. The molecular weight excluding hydrogens is 287 g/mol. The summed E-state index contributed by atoms with van der Waals surface area (Å²) in [5.41, 5.74) is 0.801. The number of pyridine rings is 1. The van der Waals surface area contributed by atoms with E-state index >= 15 is 0 Å². The molecule has 1 aromatic carbocycles. The Bertz CT molecular complexity index is 673. The standard InChI is InChI=1S/C12H6BrFN2O/c13-9-5-7(1-3-10(9)14)11-4-2-8(6-15)12(17)16-11/h1-5H,(H,16,17). The van der Waals surface area contributed by atoms with Gasteiger partial charge in [0.1, 0.15) is 17.4 Å². The topological polar surface area (TPSA) is 56.6 Å². The van der Waals surface area contributed by atoms with Crippen LogP contribution >= 0.6 is 15.9 Å². The fourth-order valence-electron chi connectivity index (χ4n) is 1.39. The Morgan fingerprint density at radius 2 is 2.06 bits per heavy atom. The Balaban J connectivity index is 2.54. The van der Waals surface area contributed by atoms with E-state index in [9.17, 15) is 9.18 Å². The lowest BCUT2D eigenvalue weighted by Crippen LogP contribution is -2.10. The molecule has 1 aromatic heterocycles. The van der Waals surface area contributed by atoms with Crippen LogP contribution < -0.4 is 5.56 Å². The van der Waals surface area contributed by atoms with Gasteiger partial charge in [0, 0.05) is 5.69 Å². The molecule has 0 saturated heterocycles. The number of hydrogen-bond donors (Lipinski definition) is 1. The molecule has 17 heavy (non-hydrogen) atoms. The second-order valence-electron chi connectivity index (χ2n) is 3.36. The molecule has 0 spiro atoms. The van der Waals surface area contributed by atoms with Crippen molar-refractivity contribution in [3.63, 3.8) is 0 Å². The minimum Gasteiger partial charge on any atom is -0.321 e. The molecule has 0 atom stereocenters. The zero-order chi connectivity index (χ0) is 12.4. The van der Waals surface area contributed by atoms with E-state index in [1.54, 1.807) is 24.3 Å². The third-order valence-corrected chi connectivity index (χ3v) is 2.87. The maximum absolute atomic E-state index is 13.1. The predicted molar refractivity (Wildman–Crippen MR) is 64.9 cm³/mol. The van der Waals surface area contributed by atoms with E-state index in [1.165, 1.54) is 12.1 Å². The number of halogens is 2. The molecular formula is C12H6BrFN2O. The normalized spacial score (nSPS) is 9.94. The number of nitrogens with zero attached hydrogens (tertiary/aromatic N) is 1. The lowest BCUT2D eigenvalue weighted by Gasteiger charge is -2.03. The first-order chi connectivity index (χ1) is 8.11. The number of rotatable bonds is 1. The van der Waals surface area contributed by atoms with Crippen LogP contribution in [0.2, 0.25) is 0 Å². The zero-order valence-electron chi connectivity index (χ0n) is 8.50. The first kappa shape index (κ1) is 11.6. The highest BCUT2D eigenvalue weighted by atomic mass is 79.9. The number of H-pyrrole nitrogens is 1. The van der Waals surface area contributed by atoms with Gasteiger partial charge in [0.05, 0.1) is 4.47 Å². The number of nitrogens with one attached hydrogen (secondary N) is 1. The van der Waals surface area contributed by atoms with Crippen molar-refractivity contribution in [3.8, 4) is 17.3 Å². The number of aromatic nitrogens is 1. The van der Waals surface area contributed by atoms with Gasteiger partial charge in [0.25, 0.3) is 5.56 Å². The number of hydrogen-bond acceptors (Lipinski definition) is 2. The van der Waals surface area contributed by atoms with Crippen LogP contribution in [-0.2, 0) is 0 Å². The van der Waals surface area contributed by atoms with Crippen LogP contribution in [0.25, 0.3) is 11.3 Å². The maximum atomic E-state index is 13.1. The lowest BCUT2D eigenvalue weighted by atomic mass is 10.1. The van der Waals surface area contributed by atoms with Gasteiger partial charge >= 0.3 is 0 Å². The van der Waals surface area contributed by atoms with Crippen LogP contribution in [0.3, 0.4) is 0 Å². The van der Waals surface area contributed by atoms with Crippen molar-refractivity contribution in [3.05, 3.63) is 56.5 Å². The van der Waals surface area contributed by atoms with Crippen molar-refractivity contribution < 1.29 is 4.39 Å². The molecule has 0 unspecified atom stereocenters. The fraction of sp³-hybridized carbons (Fsp3) is 0. The molecule has 0 bridgehead atoms. The SMILES string of the molecule is N#Cc1ccc(-c2ccc(F)c(Br)c2)[nH]c1=O. The molecule has 0 fully saturated rings. The molecule has 1 N–H and O–H groups in total. The monoisotopic (exact) mass is 292 g/mol. The van der Waals surface area contributed by atoms with E-state index in [0.717, 1.165) is 0 Å². The van der Waals surface area contributed by atoms with Crippen LogP contribution in [0.5, 0.6) is 0 Å². The summed E-state index contributed by atoms with van der Waals surface area (Å²) in [6, 6.07) is 9.24. The van der Waals surface area contributed by atoms with E-state index in [4.69, 9.17) is 5.26 Å². The van der Waals surface area contributed by atoms with Gasteiger partial charge in [-0.1, -0.05) is 0 Å². The van der Waals surface area contributed by atoms with Crippen molar-refractivity contribution in [2.45, 2.75) is 0 Å². The van der Waals surface area contributed by atoms with Crippen LogP contribution in [-0.4, -0.2) is 4.98 Å². The van der Waals surface area contributed by atoms with Crippen LogP contribution in [0.1, 0.15) is 5.56 Å². The molecule has 0 aliphatic rings. The van der Waals surface area contributed by atoms with Crippen LogP contribution in [0.15, 0.2) is 39.6 Å². The number of aromatic amines is 1. The van der Waals surface area contributed by atoms with E-state index in [-0.39, 0.29) is 11.4 Å². The minimum absolute atomic E-state index is 0.0509. The minimum atomic E-state index is -0.453. The summed E-state index contributed by atoms with van der Waals surface area (Å²) in [5, 5.41) is 8.63. The second-order valence-corrected chi connectivity index (χ2v) is 4.21. The Morgan fingerprint density at radius 1 is 1.29 bits per heavy atom. The highest BCUT2D eigenvalue weighted by molar-refractivity contribution is 9.10. The summed E-state index contributed by atoms with van der Waals surface area (Å²) in [6.45, 7) is 0. The molecule has 0 aliphatic carbocycles. The molecule has 5 heteroatoms. The molecule has 1 heterocycles. The second kappa shape index (κ2) is 4.52. The van der Waals surface area contributed by atoms with E-state index < -0.39 is 5.56 Å². The Morgan fingerprint density at radius 3 is 2.65 bits per heavy atom. The first-order valence-electron chi connectivity index (χ1n) is 4.70. The Labute approximate surface area is 105 Å². The molecule has 2 rings (SSSR count). The number of nitriles is 1. The van der Waals surface area contributed by atoms with E-state index in [1.807, 2.05) is 0 Å². The molecule has 0 saturated carbocycles. The van der Waals surface area contributed by atoms with Crippen molar-refractivity contribution in [2.75, 3.05) is 0 Å². The van der Waals surface area contributed by atoms with Crippen molar-refractivity contribution in [1.29, 1.82) is 5.26 Å². The zero-order valence-corrected chi connectivity index (χ0v) is 10.1. The highest BCUT2D eigenvalue weighted by Gasteiger charge is 2.05. The summed E-state index contributed by atoms with van der Waals surface area (Å²) >= 11 is 3.07. The van der Waals surface area contributed by atoms with Gasteiger partial charge in [0.15, 0.2) is 0 Å². The quantitative estimate of drug-likeness (QED) is 0.879. The fourth-order valence-corrected chi connectivity index (χ4v) is 1.77. The largest absolute Gasteiger partial charge is 0.321 e. The van der Waals surface area contributed by atoms with E-state index in [0.29, 0.717) is 15.7 Å². The van der Waals surface area contributed by atoms with Gasteiger partial charge in [-0.05, 0) is 51.8 Å². The first-order valence-corrected chi connectivity index (χ1v) is 5.50. The molecule has 0 aliphatic heterocycles. The lowest BCUT2D eigenvalue weighted by molar-refractivity contribution is 0.621. The van der Waals surface area contributed by atoms with E-state index in [2.05, 4.69) is 20.9 Å². The van der Waals surface area contributed by atoms with Crippen LogP contribution in [0.4, 0.5) is 4.39 Å². The third-order valence-electron chi connectivity index (χ3n) is 2.26. The summed E-state index contributed by atoms with van der Waals surface area (Å²) in [7, 11) is 0. The molecule has 0 radical (unpaired) electrons. The molecule has 84 valence electrons. The van der Waals surface area contributed by atoms with Crippen LogP contribution in [0, 0.1) is 17.1 Å². The molecule has 2 aromatic rings. The summed E-state index contributed by atoms with van der Waals surface area (Å²) < 4.78 is 13.4. The Kier molecular flexibility index (Phi) is 3.07. The highest BCUT2D eigenvalue weighted by Crippen LogP contribution is 2.23. The summed E-state index contributed by atoms with van der Waals surface area (Å²) in [6.07, 6.45) is 0. The molecule has 0 amide bonds. The summed E-state index contributed by atoms with van der Waals surface area (Å²) in [5.74, 6) is -0.371. The van der Waals surface area contributed by atoms with Gasteiger partial charge in [-0.25, -0.2) is 4.39 Å². The van der Waals surface area contributed by atoms with Gasteiger partial charge in [0.2, 0.25) is 0 Å². The van der Waals surface area contributed by atoms with Crippen molar-refractivity contribution in [1.82, 2.24) is 4.98 Å².